The zero-order valence-corrected chi connectivity index (χ0v) is 23.7. The molecule has 2 amide bonds. The fourth-order valence-electron chi connectivity index (χ4n) is 6.43. The molecule has 11 heteroatoms. The van der Waals surface area contributed by atoms with E-state index in [0.29, 0.717) is 22.9 Å². The summed E-state index contributed by atoms with van der Waals surface area (Å²) in [7, 11) is 3.79. The Hall–Kier alpha value is -5.16. The number of allylic oxidation sites excluding steroid dienone is 1. The maximum absolute atomic E-state index is 13.5. The Morgan fingerprint density at radius 1 is 1.05 bits per heavy atom. The molecular weight excluding hydrogens is 546 g/mol. The molecule has 8 rings (SSSR count). The number of urea groups is 1. The van der Waals surface area contributed by atoms with Crippen molar-refractivity contribution in [3.8, 4) is 5.75 Å². The van der Waals surface area contributed by atoms with Crippen LogP contribution >= 0.6 is 0 Å². The number of amides is 2. The minimum Gasteiger partial charge on any atom is -0.452 e. The highest BCUT2D eigenvalue weighted by molar-refractivity contribution is 6.16. The number of aryl methyl sites for hydroxylation is 2. The number of hydrogen-bond acceptors (Lipinski definition) is 7. The Morgan fingerprint density at radius 3 is 2.67 bits per heavy atom. The molecule has 5 aromatic rings. The highest BCUT2D eigenvalue weighted by atomic mass is 16.5. The van der Waals surface area contributed by atoms with Crippen molar-refractivity contribution in [3.05, 3.63) is 77.8 Å². The average Bonchev–Trinajstić information content (AvgIpc) is 3.72. The number of benzene rings is 2. The summed E-state index contributed by atoms with van der Waals surface area (Å²) in [6.07, 6.45) is 8.25. The van der Waals surface area contributed by atoms with Crippen LogP contribution in [0, 0.1) is 0 Å². The van der Waals surface area contributed by atoms with Crippen LogP contribution in [0.2, 0.25) is 0 Å². The quantitative estimate of drug-likeness (QED) is 0.287. The van der Waals surface area contributed by atoms with E-state index in [2.05, 4.69) is 25.5 Å². The number of para-hydroxylation sites is 2. The lowest BCUT2D eigenvalue weighted by Crippen LogP contribution is -2.42. The molecule has 2 atom stereocenters. The van der Waals surface area contributed by atoms with Crippen LogP contribution in [0.25, 0.3) is 28.1 Å². The number of aromatic nitrogens is 4. The predicted molar refractivity (Wildman–Crippen MR) is 164 cm³/mol. The zero-order valence-electron chi connectivity index (χ0n) is 23.7. The molecule has 2 N–H and O–H groups in total. The molecule has 3 aliphatic rings. The number of Topliss-reactive ketones (excluding diaryl/α,β-unsaturated/α-hetero) is 1. The van der Waals surface area contributed by atoms with Gasteiger partial charge in [0.2, 0.25) is 11.7 Å². The summed E-state index contributed by atoms with van der Waals surface area (Å²) in [5.74, 6) is 0.834. The molecule has 2 saturated heterocycles. The van der Waals surface area contributed by atoms with E-state index in [0.717, 1.165) is 59.2 Å². The number of nitrogens with one attached hydrogen (secondary N) is 2. The Bertz CT molecular complexity index is 1980. The van der Waals surface area contributed by atoms with Crippen LogP contribution in [0.3, 0.4) is 0 Å². The monoisotopic (exact) mass is 575 g/mol. The lowest BCUT2D eigenvalue weighted by Gasteiger charge is -2.34. The van der Waals surface area contributed by atoms with Gasteiger partial charge in [-0.15, -0.1) is 0 Å². The molecule has 3 aromatic heterocycles. The van der Waals surface area contributed by atoms with Crippen LogP contribution in [0.4, 0.5) is 22.1 Å². The maximum Gasteiger partial charge on any atom is 0.326 e. The molecule has 3 aliphatic heterocycles. The number of hydrogen-bond donors (Lipinski definition) is 2. The fourth-order valence-corrected chi connectivity index (χ4v) is 6.43. The van der Waals surface area contributed by atoms with Gasteiger partial charge in [-0.3, -0.25) is 10.1 Å². The summed E-state index contributed by atoms with van der Waals surface area (Å²) >= 11 is 0. The van der Waals surface area contributed by atoms with E-state index in [4.69, 9.17) is 9.47 Å². The van der Waals surface area contributed by atoms with Gasteiger partial charge in [0, 0.05) is 56.2 Å². The Labute approximate surface area is 246 Å². The van der Waals surface area contributed by atoms with Gasteiger partial charge in [-0.25, -0.2) is 14.8 Å². The van der Waals surface area contributed by atoms with E-state index in [1.54, 1.807) is 24.3 Å². The van der Waals surface area contributed by atoms with Crippen molar-refractivity contribution in [2.24, 2.45) is 14.1 Å². The van der Waals surface area contributed by atoms with E-state index in [9.17, 15) is 9.59 Å². The molecule has 2 fully saturated rings. The molecule has 0 spiro atoms. The van der Waals surface area contributed by atoms with Gasteiger partial charge in [-0.05, 0) is 55.3 Å². The molecule has 6 heterocycles. The summed E-state index contributed by atoms with van der Waals surface area (Å²) in [5.41, 5.74) is 5.32. The standard InChI is InChI=1S/C32H29N7O4/c1-37-15-18(28-25(11-12-33-30(28)37)39-16-20-8-9-21(17-39)42-20)13-27-29(40)22-14-19(7-10-26(22)43-27)34-32(41)36-31-35-23-5-3-4-6-24(23)38(31)2/h3-7,10-15,20-21H,8-9,16-17H2,1-2H3,(H2,34,35,36,41). The van der Waals surface area contributed by atoms with Crippen LogP contribution in [-0.4, -0.2) is 56.2 Å². The number of pyridine rings is 1. The molecule has 216 valence electrons. The predicted octanol–water partition coefficient (Wildman–Crippen LogP) is 5.09. The second-order valence-corrected chi connectivity index (χ2v) is 11.3. The number of imidazole rings is 1. The third-order valence-corrected chi connectivity index (χ3v) is 8.47. The number of ether oxygens (including phenoxy) is 2. The number of ketones is 1. The molecule has 0 aliphatic carbocycles. The SMILES string of the molecule is Cn1cc(C=C2Oc3ccc(NC(=O)Nc4nc5ccccc5n4C)cc3C2=O)c2c(N3CC4CCC(C3)O4)ccnc21. The molecule has 0 saturated carbocycles. The average molecular weight is 576 g/mol. The summed E-state index contributed by atoms with van der Waals surface area (Å²) < 4.78 is 15.9. The van der Waals surface area contributed by atoms with E-state index in [-0.39, 0.29) is 23.8 Å². The minimum atomic E-state index is -0.465. The normalized spacial score (nSPS) is 20.2. The number of rotatable bonds is 4. The Balaban J connectivity index is 1.05. The van der Waals surface area contributed by atoms with Crippen molar-refractivity contribution in [2.45, 2.75) is 25.0 Å². The third kappa shape index (κ3) is 4.31. The van der Waals surface area contributed by atoms with Crippen LogP contribution in [0.1, 0.15) is 28.8 Å². The molecular formula is C32H29N7O4. The molecule has 0 radical (unpaired) electrons. The van der Waals surface area contributed by atoms with Crippen LogP contribution in [-0.2, 0) is 18.8 Å². The summed E-state index contributed by atoms with van der Waals surface area (Å²) in [4.78, 5) is 37.8. The summed E-state index contributed by atoms with van der Waals surface area (Å²) in [6, 6.07) is 14.2. The van der Waals surface area contributed by atoms with Gasteiger partial charge in [0.1, 0.15) is 11.4 Å². The third-order valence-electron chi connectivity index (χ3n) is 8.47. The second-order valence-electron chi connectivity index (χ2n) is 11.3. The molecule has 2 bridgehead atoms. The highest BCUT2D eigenvalue weighted by Crippen LogP contribution is 2.38. The van der Waals surface area contributed by atoms with Crippen molar-refractivity contribution in [3.63, 3.8) is 0 Å². The largest absolute Gasteiger partial charge is 0.452 e. The van der Waals surface area contributed by atoms with E-state index in [1.165, 1.54) is 0 Å². The van der Waals surface area contributed by atoms with Gasteiger partial charge in [0.25, 0.3) is 0 Å². The number of fused-ring (bicyclic) bond motifs is 5. The van der Waals surface area contributed by atoms with Crippen molar-refractivity contribution >= 4 is 57.3 Å². The molecule has 2 unspecified atom stereocenters. The van der Waals surface area contributed by atoms with Crippen LogP contribution in [0.5, 0.6) is 5.75 Å². The first-order valence-corrected chi connectivity index (χ1v) is 14.3. The topological polar surface area (TPSA) is 116 Å². The van der Waals surface area contributed by atoms with E-state index >= 15 is 0 Å². The Kier molecular flexibility index (Phi) is 5.76. The number of carbonyl (C=O) groups excluding carboxylic acids is 2. The van der Waals surface area contributed by atoms with Crippen molar-refractivity contribution in [1.82, 2.24) is 19.1 Å². The van der Waals surface area contributed by atoms with E-state index in [1.807, 2.05) is 66.0 Å². The smallest absolute Gasteiger partial charge is 0.326 e. The molecule has 43 heavy (non-hydrogen) atoms. The summed E-state index contributed by atoms with van der Waals surface area (Å²) in [5, 5.41) is 6.56. The highest BCUT2D eigenvalue weighted by Gasteiger charge is 2.35. The van der Waals surface area contributed by atoms with Gasteiger partial charge >= 0.3 is 6.03 Å². The van der Waals surface area contributed by atoms with Crippen molar-refractivity contribution in [1.29, 1.82) is 0 Å². The van der Waals surface area contributed by atoms with Gasteiger partial charge < -0.3 is 28.8 Å². The first-order chi connectivity index (χ1) is 20.9. The van der Waals surface area contributed by atoms with Gasteiger partial charge in [0.15, 0.2) is 5.76 Å². The first-order valence-electron chi connectivity index (χ1n) is 14.3. The van der Waals surface area contributed by atoms with Crippen LogP contribution < -0.4 is 20.3 Å². The van der Waals surface area contributed by atoms with Crippen molar-refractivity contribution < 1.29 is 19.1 Å². The second kappa shape index (κ2) is 9.70. The Morgan fingerprint density at radius 2 is 1.86 bits per heavy atom. The number of nitrogens with zero attached hydrogens (tertiary/aromatic N) is 5. The summed E-state index contributed by atoms with van der Waals surface area (Å²) in [6.45, 7) is 1.67. The number of carbonyl (C=O) groups is 2. The van der Waals surface area contributed by atoms with Gasteiger partial charge in [0.05, 0.1) is 34.5 Å². The lowest BCUT2D eigenvalue weighted by molar-refractivity contribution is 0.0306. The van der Waals surface area contributed by atoms with Crippen LogP contribution in [0.15, 0.2) is 66.7 Å². The number of anilines is 3. The van der Waals surface area contributed by atoms with Crippen molar-refractivity contribution in [2.75, 3.05) is 28.6 Å². The lowest BCUT2D eigenvalue weighted by atomic mass is 10.1. The minimum absolute atomic E-state index is 0.223. The maximum atomic E-state index is 13.5. The van der Waals surface area contributed by atoms with Gasteiger partial charge in [-0.1, -0.05) is 12.1 Å². The van der Waals surface area contributed by atoms with E-state index < -0.39 is 6.03 Å². The first kappa shape index (κ1) is 25.5. The zero-order chi connectivity index (χ0) is 29.2. The van der Waals surface area contributed by atoms with Gasteiger partial charge in [-0.2, -0.15) is 0 Å². The molecule has 11 nitrogen and oxygen atoms in total. The fraction of sp³-hybridized carbons (Fsp3) is 0.250. The molecule has 2 aromatic carbocycles. The number of morpholine rings is 1.